The van der Waals surface area contributed by atoms with Crippen LogP contribution < -0.4 is 5.32 Å². The molecule has 8 nitrogen and oxygen atoms in total. The van der Waals surface area contributed by atoms with Gasteiger partial charge in [0.1, 0.15) is 10.7 Å². The highest BCUT2D eigenvalue weighted by molar-refractivity contribution is 7.89. The van der Waals surface area contributed by atoms with E-state index in [1.165, 1.54) is 27.1 Å². The lowest BCUT2D eigenvalue weighted by Crippen LogP contribution is -2.24. The Morgan fingerprint density at radius 1 is 1.32 bits per heavy atom. The van der Waals surface area contributed by atoms with Gasteiger partial charge in [-0.1, -0.05) is 0 Å². The number of carboxylic acids is 1. The van der Waals surface area contributed by atoms with Crippen molar-refractivity contribution in [1.82, 2.24) is 9.62 Å². The second-order valence-electron chi connectivity index (χ2n) is 4.93. The number of rotatable bonds is 8. The number of sulfonamides is 1. The Kier molecular flexibility index (Phi) is 6.12. The standard InChI is InChI=1S/C13H20N2O6S/c1-9-11(22(19,20)15(2)3)8-10(21-9)13(18)14-7-5-4-6-12(16)17/h8H,4-7H2,1-3H3,(H,14,18)(H,16,17). The SMILES string of the molecule is Cc1oc(C(=O)NCCCCC(=O)O)cc1S(=O)(=O)N(C)C. The number of aliphatic carboxylic acids is 1. The number of hydrogen-bond donors (Lipinski definition) is 2. The lowest BCUT2D eigenvalue weighted by molar-refractivity contribution is -0.137. The number of nitrogens with zero attached hydrogens (tertiary/aromatic N) is 1. The van der Waals surface area contributed by atoms with Crippen LogP contribution in [0.1, 0.15) is 35.6 Å². The minimum absolute atomic E-state index is 0.0426. The molecule has 0 spiro atoms. The monoisotopic (exact) mass is 332 g/mol. The second-order valence-corrected chi connectivity index (χ2v) is 7.05. The summed E-state index contributed by atoms with van der Waals surface area (Å²) in [4.78, 5) is 22.2. The highest BCUT2D eigenvalue weighted by Gasteiger charge is 2.25. The summed E-state index contributed by atoms with van der Waals surface area (Å²) < 4.78 is 30.3. The molecule has 1 aromatic rings. The molecular formula is C13H20N2O6S. The first-order valence-electron chi connectivity index (χ1n) is 6.69. The minimum Gasteiger partial charge on any atom is -0.481 e. The molecule has 1 amide bonds. The Morgan fingerprint density at radius 3 is 2.50 bits per heavy atom. The van der Waals surface area contributed by atoms with Crippen LogP contribution in [0.2, 0.25) is 0 Å². The molecule has 1 heterocycles. The van der Waals surface area contributed by atoms with Crippen LogP contribution in [0.4, 0.5) is 0 Å². The first kappa shape index (κ1) is 18.2. The predicted molar refractivity (Wildman–Crippen MR) is 78.1 cm³/mol. The summed E-state index contributed by atoms with van der Waals surface area (Å²) in [5.41, 5.74) is 0. The van der Waals surface area contributed by atoms with E-state index >= 15 is 0 Å². The van der Waals surface area contributed by atoms with E-state index in [0.29, 0.717) is 19.4 Å². The highest BCUT2D eigenvalue weighted by atomic mass is 32.2. The average Bonchev–Trinajstić information content (AvgIpc) is 2.80. The molecule has 1 rings (SSSR count). The molecule has 0 fully saturated rings. The van der Waals surface area contributed by atoms with Crippen molar-refractivity contribution in [3.63, 3.8) is 0 Å². The van der Waals surface area contributed by atoms with Gasteiger partial charge in [0.05, 0.1) is 0 Å². The number of nitrogens with one attached hydrogen (secondary N) is 1. The summed E-state index contributed by atoms with van der Waals surface area (Å²) in [6.45, 7) is 1.77. The van der Waals surface area contributed by atoms with Crippen LogP contribution in [-0.2, 0) is 14.8 Å². The molecule has 0 atom stereocenters. The number of carbonyl (C=O) groups excluding carboxylic acids is 1. The van der Waals surface area contributed by atoms with Gasteiger partial charge in [-0.25, -0.2) is 12.7 Å². The van der Waals surface area contributed by atoms with E-state index in [-0.39, 0.29) is 22.8 Å². The first-order chi connectivity index (χ1) is 10.2. The fourth-order valence-electron chi connectivity index (χ4n) is 1.72. The lowest BCUT2D eigenvalue weighted by Gasteiger charge is -2.09. The third-order valence-corrected chi connectivity index (χ3v) is 4.88. The van der Waals surface area contributed by atoms with Gasteiger partial charge >= 0.3 is 5.97 Å². The van der Waals surface area contributed by atoms with Gasteiger partial charge in [0.15, 0.2) is 5.76 Å². The van der Waals surface area contributed by atoms with Crippen molar-refractivity contribution in [2.75, 3.05) is 20.6 Å². The van der Waals surface area contributed by atoms with E-state index in [2.05, 4.69) is 5.32 Å². The Hall–Kier alpha value is -1.87. The van der Waals surface area contributed by atoms with E-state index in [0.717, 1.165) is 4.31 Å². The Balaban J connectivity index is 2.67. The minimum atomic E-state index is -3.66. The fraction of sp³-hybridized carbons (Fsp3) is 0.538. The number of aryl methyl sites for hydroxylation is 1. The fourth-order valence-corrected chi connectivity index (χ4v) is 2.77. The summed E-state index contributed by atoms with van der Waals surface area (Å²) >= 11 is 0. The molecule has 0 saturated carbocycles. The van der Waals surface area contributed by atoms with Crippen molar-refractivity contribution >= 4 is 21.9 Å². The van der Waals surface area contributed by atoms with Crippen molar-refractivity contribution in [3.05, 3.63) is 17.6 Å². The van der Waals surface area contributed by atoms with Crippen molar-refractivity contribution < 1.29 is 27.5 Å². The molecular weight excluding hydrogens is 312 g/mol. The molecule has 0 aliphatic rings. The maximum atomic E-state index is 12.0. The van der Waals surface area contributed by atoms with Crippen LogP contribution in [0, 0.1) is 6.92 Å². The van der Waals surface area contributed by atoms with Crippen LogP contribution in [0.5, 0.6) is 0 Å². The van der Waals surface area contributed by atoms with Crippen LogP contribution >= 0.6 is 0 Å². The van der Waals surface area contributed by atoms with Crippen molar-refractivity contribution in [2.24, 2.45) is 0 Å². The average molecular weight is 332 g/mol. The predicted octanol–water partition coefficient (Wildman–Crippen LogP) is 0.823. The summed E-state index contributed by atoms with van der Waals surface area (Å²) in [6, 6.07) is 1.19. The van der Waals surface area contributed by atoms with E-state index in [4.69, 9.17) is 9.52 Å². The molecule has 124 valence electrons. The van der Waals surface area contributed by atoms with E-state index in [1.54, 1.807) is 0 Å². The van der Waals surface area contributed by atoms with Gasteiger partial charge in [0.25, 0.3) is 5.91 Å². The summed E-state index contributed by atoms with van der Waals surface area (Å²) in [5.74, 6) is -1.36. The molecule has 1 aromatic heterocycles. The summed E-state index contributed by atoms with van der Waals surface area (Å²) in [7, 11) is -0.879. The molecule has 0 unspecified atom stereocenters. The second kappa shape index (κ2) is 7.41. The van der Waals surface area contributed by atoms with Crippen molar-refractivity contribution in [1.29, 1.82) is 0 Å². The molecule has 2 N–H and O–H groups in total. The normalized spacial score (nSPS) is 11.6. The first-order valence-corrected chi connectivity index (χ1v) is 8.13. The number of furan rings is 1. The molecule has 22 heavy (non-hydrogen) atoms. The molecule has 0 bridgehead atoms. The zero-order chi connectivity index (χ0) is 16.9. The van der Waals surface area contributed by atoms with Crippen molar-refractivity contribution in [3.8, 4) is 0 Å². The van der Waals surface area contributed by atoms with Gasteiger partial charge < -0.3 is 14.8 Å². The van der Waals surface area contributed by atoms with Gasteiger partial charge in [-0.2, -0.15) is 0 Å². The van der Waals surface area contributed by atoms with E-state index < -0.39 is 21.9 Å². The zero-order valence-corrected chi connectivity index (χ0v) is 13.6. The van der Waals surface area contributed by atoms with Crippen molar-refractivity contribution in [2.45, 2.75) is 31.1 Å². The number of unbranched alkanes of at least 4 members (excludes halogenated alkanes) is 1. The number of carbonyl (C=O) groups is 2. The largest absolute Gasteiger partial charge is 0.481 e. The molecule has 0 saturated heterocycles. The smallest absolute Gasteiger partial charge is 0.303 e. The Bertz CT molecular complexity index is 647. The molecule has 0 aliphatic carbocycles. The highest BCUT2D eigenvalue weighted by Crippen LogP contribution is 2.22. The number of carboxylic acid groups (broad SMARTS) is 1. The van der Waals surface area contributed by atoms with Crippen LogP contribution in [0.3, 0.4) is 0 Å². The van der Waals surface area contributed by atoms with Crippen LogP contribution in [-0.4, -0.2) is 50.3 Å². The van der Waals surface area contributed by atoms with Gasteiger partial charge in [-0.15, -0.1) is 0 Å². The molecule has 0 radical (unpaired) electrons. The van der Waals surface area contributed by atoms with E-state index in [1.807, 2.05) is 0 Å². The zero-order valence-electron chi connectivity index (χ0n) is 12.7. The van der Waals surface area contributed by atoms with E-state index in [9.17, 15) is 18.0 Å². The quantitative estimate of drug-likeness (QED) is 0.681. The maximum Gasteiger partial charge on any atom is 0.303 e. The van der Waals surface area contributed by atoms with Gasteiger partial charge in [0, 0.05) is 33.1 Å². The molecule has 9 heteroatoms. The van der Waals surface area contributed by atoms with Crippen LogP contribution in [0.25, 0.3) is 0 Å². The third kappa shape index (κ3) is 4.57. The van der Waals surface area contributed by atoms with Gasteiger partial charge in [-0.3, -0.25) is 9.59 Å². The summed E-state index contributed by atoms with van der Waals surface area (Å²) in [6.07, 6.45) is 1.01. The molecule has 0 aliphatic heterocycles. The third-order valence-electron chi connectivity index (χ3n) is 2.96. The Labute approximate surface area is 129 Å². The Morgan fingerprint density at radius 2 is 1.95 bits per heavy atom. The summed E-state index contributed by atoms with van der Waals surface area (Å²) in [5, 5.41) is 11.1. The maximum absolute atomic E-state index is 12.0. The number of hydrogen-bond acceptors (Lipinski definition) is 5. The lowest BCUT2D eigenvalue weighted by atomic mass is 10.2. The molecule has 0 aromatic carbocycles. The number of amides is 1. The van der Waals surface area contributed by atoms with Gasteiger partial charge in [0.2, 0.25) is 10.0 Å². The van der Waals surface area contributed by atoms with Crippen LogP contribution in [0.15, 0.2) is 15.4 Å². The van der Waals surface area contributed by atoms with Gasteiger partial charge in [-0.05, 0) is 19.8 Å². The topological polar surface area (TPSA) is 117 Å².